The second-order valence-corrected chi connectivity index (χ2v) is 5.67. The molecule has 0 saturated heterocycles. The molecule has 1 aliphatic carbocycles. The maximum atomic E-state index is 10.2. The zero-order chi connectivity index (χ0) is 13.7. The second-order valence-electron chi connectivity index (χ2n) is 5.67. The number of pyridine rings is 1. The van der Waals surface area contributed by atoms with Crippen LogP contribution in [-0.2, 0) is 12.8 Å². The highest BCUT2D eigenvalue weighted by molar-refractivity contribution is 5.14. The minimum absolute atomic E-state index is 0.263. The fraction of sp³-hybridized carbons (Fsp3) is 0.688. The van der Waals surface area contributed by atoms with Gasteiger partial charge in [-0.15, -0.1) is 0 Å². The van der Waals surface area contributed by atoms with E-state index in [4.69, 9.17) is 0 Å². The van der Waals surface area contributed by atoms with E-state index in [0.717, 1.165) is 25.0 Å². The molecule has 1 aliphatic rings. The third-order valence-corrected chi connectivity index (χ3v) is 4.24. The molecule has 0 radical (unpaired) electrons. The third kappa shape index (κ3) is 4.02. The smallest absolute Gasteiger partial charge is 0.0857 e. The van der Waals surface area contributed by atoms with Gasteiger partial charge in [-0.25, -0.2) is 0 Å². The SMILES string of the molecule is CCc1ccc(CC(O)C(O)C2CCCCC2)nc1. The van der Waals surface area contributed by atoms with Gasteiger partial charge < -0.3 is 10.2 Å². The molecule has 1 heterocycles. The summed E-state index contributed by atoms with van der Waals surface area (Å²) < 4.78 is 0. The van der Waals surface area contributed by atoms with Gasteiger partial charge in [-0.2, -0.15) is 0 Å². The molecule has 1 fully saturated rings. The van der Waals surface area contributed by atoms with Gasteiger partial charge in [-0.1, -0.05) is 32.3 Å². The Labute approximate surface area is 115 Å². The quantitative estimate of drug-likeness (QED) is 0.858. The van der Waals surface area contributed by atoms with E-state index in [1.54, 1.807) is 0 Å². The van der Waals surface area contributed by atoms with E-state index in [2.05, 4.69) is 11.9 Å². The molecular weight excluding hydrogens is 238 g/mol. The van der Waals surface area contributed by atoms with Crippen molar-refractivity contribution in [1.29, 1.82) is 0 Å². The van der Waals surface area contributed by atoms with E-state index in [9.17, 15) is 10.2 Å². The molecule has 0 spiro atoms. The molecule has 2 N–H and O–H groups in total. The standard InChI is InChI=1S/C16H25NO2/c1-2-12-8-9-14(17-11-12)10-15(18)16(19)13-6-4-3-5-7-13/h8-9,11,13,15-16,18-19H,2-7,10H2,1H3. The Balaban J connectivity index is 1.89. The van der Waals surface area contributed by atoms with E-state index in [0.29, 0.717) is 6.42 Å². The third-order valence-electron chi connectivity index (χ3n) is 4.24. The minimum Gasteiger partial charge on any atom is -0.390 e. The van der Waals surface area contributed by atoms with Gasteiger partial charge in [0.15, 0.2) is 0 Å². The number of aryl methyl sites for hydroxylation is 1. The fourth-order valence-electron chi connectivity index (χ4n) is 2.91. The van der Waals surface area contributed by atoms with Crippen molar-refractivity contribution in [3.63, 3.8) is 0 Å². The highest BCUT2D eigenvalue weighted by Crippen LogP contribution is 2.28. The average molecular weight is 263 g/mol. The van der Waals surface area contributed by atoms with Crippen LogP contribution < -0.4 is 0 Å². The maximum Gasteiger partial charge on any atom is 0.0857 e. The molecule has 2 unspecified atom stereocenters. The fourth-order valence-corrected chi connectivity index (χ4v) is 2.91. The Morgan fingerprint density at radius 2 is 1.95 bits per heavy atom. The maximum absolute atomic E-state index is 10.2. The van der Waals surface area contributed by atoms with Gasteiger partial charge in [-0.3, -0.25) is 4.98 Å². The molecule has 0 aliphatic heterocycles. The molecule has 0 aromatic carbocycles. The molecule has 2 atom stereocenters. The van der Waals surface area contributed by atoms with Gasteiger partial charge in [-0.05, 0) is 36.8 Å². The van der Waals surface area contributed by atoms with Crippen molar-refractivity contribution >= 4 is 0 Å². The number of aliphatic hydroxyl groups is 2. The van der Waals surface area contributed by atoms with Gasteiger partial charge in [0.1, 0.15) is 0 Å². The lowest BCUT2D eigenvalue weighted by Gasteiger charge is -2.29. The lowest BCUT2D eigenvalue weighted by molar-refractivity contribution is -0.0267. The predicted molar refractivity (Wildman–Crippen MR) is 75.9 cm³/mol. The zero-order valence-corrected chi connectivity index (χ0v) is 11.8. The van der Waals surface area contributed by atoms with Gasteiger partial charge in [0.25, 0.3) is 0 Å². The molecule has 0 bridgehead atoms. The molecule has 2 rings (SSSR count). The van der Waals surface area contributed by atoms with E-state index in [-0.39, 0.29) is 5.92 Å². The molecule has 106 valence electrons. The van der Waals surface area contributed by atoms with Crippen molar-refractivity contribution in [3.05, 3.63) is 29.6 Å². The number of aliphatic hydroxyl groups excluding tert-OH is 2. The van der Waals surface area contributed by atoms with Gasteiger partial charge in [0.05, 0.1) is 12.2 Å². The monoisotopic (exact) mass is 263 g/mol. The van der Waals surface area contributed by atoms with Gasteiger partial charge in [0, 0.05) is 18.3 Å². The van der Waals surface area contributed by atoms with Crippen LogP contribution in [0.3, 0.4) is 0 Å². The molecular formula is C16H25NO2. The first-order chi connectivity index (χ1) is 9.20. The van der Waals surface area contributed by atoms with Crippen LogP contribution in [0.15, 0.2) is 18.3 Å². The Hall–Kier alpha value is -0.930. The molecule has 19 heavy (non-hydrogen) atoms. The first-order valence-electron chi connectivity index (χ1n) is 7.50. The molecule has 1 aromatic heterocycles. The zero-order valence-electron chi connectivity index (χ0n) is 11.8. The molecule has 1 saturated carbocycles. The Bertz CT molecular complexity index is 371. The van der Waals surface area contributed by atoms with Crippen LogP contribution in [0, 0.1) is 5.92 Å². The highest BCUT2D eigenvalue weighted by atomic mass is 16.3. The Kier molecular flexibility index (Phi) is 5.34. The summed E-state index contributed by atoms with van der Waals surface area (Å²) in [7, 11) is 0. The summed E-state index contributed by atoms with van der Waals surface area (Å²) in [6.07, 6.45) is 7.68. The van der Waals surface area contributed by atoms with Crippen molar-refractivity contribution in [1.82, 2.24) is 4.98 Å². The van der Waals surface area contributed by atoms with Crippen LogP contribution in [0.2, 0.25) is 0 Å². The highest BCUT2D eigenvalue weighted by Gasteiger charge is 2.27. The van der Waals surface area contributed by atoms with Crippen molar-refractivity contribution < 1.29 is 10.2 Å². The average Bonchev–Trinajstić information content (AvgIpc) is 2.48. The van der Waals surface area contributed by atoms with E-state index in [1.807, 2.05) is 18.3 Å². The second kappa shape index (κ2) is 7.01. The number of hydrogen-bond donors (Lipinski definition) is 2. The number of aromatic nitrogens is 1. The molecule has 3 heteroatoms. The lowest BCUT2D eigenvalue weighted by Crippen LogP contribution is -2.36. The molecule has 3 nitrogen and oxygen atoms in total. The Morgan fingerprint density at radius 3 is 2.53 bits per heavy atom. The van der Waals surface area contributed by atoms with Crippen molar-refractivity contribution in [3.8, 4) is 0 Å². The van der Waals surface area contributed by atoms with Crippen molar-refractivity contribution in [2.45, 2.75) is 64.1 Å². The van der Waals surface area contributed by atoms with Crippen LogP contribution in [0.1, 0.15) is 50.3 Å². The van der Waals surface area contributed by atoms with Gasteiger partial charge in [0.2, 0.25) is 0 Å². The number of nitrogens with zero attached hydrogens (tertiary/aromatic N) is 1. The van der Waals surface area contributed by atoms with E-state index >= 15 is 0 Å². The van der Waals surface area contributed by atoms with Crippen molar-refractivity contribution in [2.75, 3.05) is 0 Å². The number of hydrogen-bond acceptors (Lipinski definition) is 3. The Morgan fingerprint density at radius 1 is 1.21 bits per heavy atom. The summed E-state index contributed by atoms with van der Waals surface area (Å²) in [4.78, 5) is 4.35. The van der Waals surface area contributed by atoms with Gasteiger partial charge >= 0.3 is 0 Å². The van der Waals surface area contributed by atoms with Crippen LogP contribution in [0.25, 0.3) is 0 Å². The van der Waals surface area contributed by atoms with Crippen LogP contribution in [0.5, 0.6) is 0 Å². The summed E-state index contributed by atoms with van der Waals surface area (Å²) in [6.45, 7) is 2.10. The first kappa shape index (κ1) is 14.5. The van der Waals surface area contributed by atoms with Crippen molar-refractivity contribution in [2.24, 2.45) is 5.92 Å². The largest absolute Gasteiger partial charge is 0.390 e. The summed E-state index contributed by atoms with van der Waals surface area (Å²) in [5, 5.41) is 20.4. The van der Waals surface area contributed by atoms with Crippen LogP contribution in [-0.4, -0.2) is 27.4 Å². The minimum atomic E-state index is -0.692. The van der Waals surface area contributed by atoms with E-state index < -0.39 is 12.2 Å². The van der Waals surface area contributed by atoms with Crippen LogP contribution >= 0.6 is 0 Å². The van der Waals surface area contributed by atoms with Crippen LogP contribution in [0.4, 0.5) is 0 Å². The summed E-state index contributed by atoms with van der Waals surface area (Å²) >= 11 is 0. The number of rotatable bonds is 5. The lowest BCUT2D eigenvalue weighted by atomic mass is 9.82. The summed E-state index contributed by atoms with van der Waals surface area (Å²) in [6, 6.07) is 4.00. The molecule has 0 amide bonds. The summed E-state index contributed by atoms with van der Waals surface area (Å²) in [5.41, 5.74) is 2.06. The summed E-state index contributed by atoms with van der Waals surface area (Å²) in [5.74, 6) is 0.263. The molecule has 1 aromatic rings. The predicted octanol–water partition coefficient (Wildman–Crippen LogP) is 2.49. The first-order valence-corrected chi connectivity index (χ1v) is 7.50. The topological polar surface area (TPSA) is 53.4 Å². The normalized spacial score (nSPS) is 20.2. The van der Waals surface area contributed by atoms with E-state index in [1.165, 1.54) is 24.8 Å².